The van der Waals surface area contributed by atoms with Gasteiger partial charge in [0, 0.05) is 43.5 Å². The third kappa shape index (κ3) is 3.77. The Morgan fingerprint density at radius 1 is 1.43 bits per heavy atom. The Balaban J connectivity index is 2.01. The molecule has 0 aromatic heterocycles. The second-order valence-corrected chi connectivity index (χ2v) is 5.21. The van der Waals surface area contributed by atoms with Crippen molar-refractivity contribution in [3.8, 4) is 0 Å². The van der Waals surface area contributed by atoms with Crippen LogP contribution in [-0.2, 0) is 4.79 Å². The summed E-state index contributed by atoms with van der Waals surface area (Å²) in [6.45, 7) is 6.98. The Kier molecular flexibility index (Phi) is 4.87. The molecular formula is C14H20N4O3. The summed E-state index contributed by atoms with van der Waals surface area (Å²) in [7, 11) is 0. The van der Waals surface area contributed by atoms with Crippen LogP contribution in [0.1, 0.15) is 12.5 Å². The predicted molar refractivity (Wildman–Crippen MR) is 80.4 cm³/mol. The van der Waals surface area contributed by atoms with Gasteiger partial charge in [0.1, 0.15) is 0 Å². The Hall–Kier alpha value is -1.99. The van der Waals surface area contributed by atoms with Crippen LogP contribution in [0.2, 0.25) is 0 Å². The summed E-state index contributed by atoms with van der Waals surface area (Å²) in [6.07, 6.45) is 0. The van der Waals surface area contributed by atoms with Gasteiger partial charge in [-0.1, -0.05) is 0 Å². The zero-order valence-corrected chi connectivity index (χ0v) is 12.3. The fourth-order valence-electron chi connectivity index (χ4n) is 2.42. The van der Waals surface area contributed by atoms with Crippen LogP contribution < -0.4 is 10.6 Å². The van der Waals surface area contributed by atoms with Crippen molar-refractivity contribution in [2.45, 2.75) is 19.9 Å². The lowest BCUT2D eigenvalue weighted by Crippen LogP contribution is -2.51. The number of aryl methyl sites for hydroxylation is 1. The maximum atomic E-state index is 12.2. The molecule has 1 saturated heterocycles. The van der Waals surface area contributed by atoms with Crippen molar-refractivity contribution in [3.63, 3.8) is 0 Å². The van der Waals surface area contributed by atoms with Crippen molar-refractivity contribution in [3.05, 3.63) is 33.9 Å². The van der Waals surface area contributed by atoms with Crippen molar-refractivity contribution in [2.24, 2.45) is 0 Å². The summed E-state index contributed by atoms with van der Waals surface area (Å²) in [6, 6.07) is 4.39. The highest BCUT2D eigenvalue weighted by atomic mass is 16.6. The van der Waals surface area contributed by atoms with Gasteiger partial charge in [-0.25, -0.2) is 0 Å². The summed E-state index contributed by atoms with van der Waals surface area (Å²) in [4.78, 5) is 24.7. The molecule has 0 aliphatic carbocycles. The van der Waals surface area contributed by atoms with Gasteiger partial charge in [-0.3, -0.25) is 19.8 Å². The minimum Gasteiger partial charge on any atom is -0.325 e. The lowest BCUT2D eigenvalue weighted by molar-refractivity contribution is -0.385. The van der Waals surface area contributed by atoms with E-state index in [1.165, 1.54) is 6.07 Å². The molecule has 0 spiro atoms. The fourth-order valence-corrected chi connectivity index (χ4v) is 2.42. The maximum Gasteiger partial charge on any atom is 0.272 e. The highest BCUT2D eigenvalue weighted by molar-refractivity contribution is 5.94. The molecule has 1 heterocycles. The van der Waals surface area contributed by atoms with Gasteiger partial charge in [0.2, 0.25) is 5.91 Å². The Morgan fingerprint density at radius 2 is 2.10 bits per heavy atom. The van der Waals surface area contributed by atoms with E-state index in [-0.39, 0.29) is 17.6 Å². The molecular weight excluding hydrogens is 272 g/mol. The predicted octanol–water partition coefficient (Wildman–Crippen LogP) is 1.14. The van der Waals surface area contributed by atoms with E-state index in [1.54, 1.807) is 19.1 Å². The quantitative estimate of drug-likeness (QED) is 0.642. The molecule has 0 radical (unpaired) electrons. The molecule has 1 fully saturated rings. The van der Waals surface area contributed by atoms with Crippen LogP contribution >= 0.6 is 0 Å². The number of nitro benzene ring substituents is 1. The first-order valence-corrected chi connectivity index (χ1v) is 6.99. The number of hydrogen-bond donors (Lipinski definition) is 2. The number of piperazine rings is 1. The van der Waals surface area contributed by atoms with Crippen molar-refractivity contribution < 1.29 is 9.72 Å². The van der Waals surface area contributed by atoms with Crippen LogP contribution in [0, 0.1) is 17.0 Å². The molecule has 1 aliphatic rings. The molecule has 114 valence electrons. The van der Waals surface area contributed by atoms with E-state index < -0.39 is 4.92 Å². The monoisotopic (exact) mass is 292 g/mol. The van der Waals surface area contributed by atoms with Crippen molar-refractivity contribution in [1.82, 2.24) is 10.2 Å². The van der Waals surface area contributed by atoms with Crippen LogP contribution in [0.15, 0.2) is 18.2 Å². The standard InChI is InChI=1S/C14H20N4O3/c1-10-9-12(3-4-13(10)18(20)21)16-14(19)11(2)17-7-5-15-6-8-17/h3-4,9,11,15H,5-8H2,1-2H3,(H,16,19). The third-order valence-corrected chi connectivity index (χ3v) is 3.74. The maximum absolute atomic E-state index is 12.2. The summed E-state index contributed by atoms with van der Waals surface area (Å²) in [5.74, 6) is -0.0925. The van der Waals surface area contributed by atoms with E-state index in [1.807, 2.05) is 6.92 Å². The summed E-state index contributed by atoms with van der Waals surface area (Å²) >= 11 is 0. The number of anilines is 1. The van der Waals surface area contributed by atoms with Gasteiger partial charge in [-0.05, 0) is 26.0 Å². The van der Waals surface area contributed by atoms with E-state index >= 15 is 0 Å². The number of carbonyl (C=O) groups is 1. The van der Waals surface area contributed by atoms with Gasteiger partial charge in [0.15, 0.2) is 0 Å². The largest absolute Gasteiger partial charge is 0.325 e. The van der Waals surface area contributed by atoms with Crippen LogP contribution in [0.5, 0.6) is 0 Å². The molecule has 1 unspecified atom stereocenters. The number of nitrogens with zero attached hydrogens (tertiary/aromatic N) is 2. The molecule has 2 N–H and O–H groups in total. The third-order valence-electron chi connectivity index (χ3n) is 3.74. The number of nitro groups is 1. The average Bonchev–Trinajstić information content (AvgIpc) is 2.47. The van der Waals surface area contributed by atoms with Crippen LogP contribution in [-0.4, -0.2) is 48.0 Å². The molecule has 21 heavy (non-hydrogen) atoms. The first-order valence-electron chi connectivity index (χ1n) is 6.99. The van der Waals surface area contributed by atoms with Crippen molar-refractivity contribution >= 4 is 17.3 Å². The van der Waals surface area contributed by atoms with Gasteiger partial charge < -0.3 is 10.6 Å². The minimum atomic E-state index is -0.426. The number of benzene rings is 1. The molecule has 0 bridgehead atoms. The lowest BCUT2D eigenvalue weighted by Gasteiger charge is -2.31. The Morgan fingerprint density at radius 3 is 2.67 bits per heavy atom. The Labute approximate surface area is 123 Å². The highest BCUT2D eigenvalue weighted by Crippen LogP contribution is 2.21. The van der Waals surface area contributed by atoms with Crippen LogP contribution in [0.25, 0.3) is 0 Å². The number of hydrogen-bond acceptors (Lipinski definition) is 5. The fraction of sp³-hybridized carbons (Fsp3) is 0.500. The summed E-state index contributed by atoms with van der Waals surface area (Å²) in [5, 5.41) is 16.8. The summed E-state index contributed by atoms with van der Waals surface area (Å²) < 4.78 is 0. The zero-order chi connectivity index (χ0) is 15.4. The topological polar surface area (TPSA) is 87.5 Å². The molecule has 7 heteroatoms. The number of carbonyl (C=O) groups excluding carboxylic acids is 1. The molecule has 1 aromatic rings. The minimum absolute atomic E-state index is 0.0585. The van der Waals surface area contributed by atoms with Crippen LogP contribution in [0.3, 0.4) is 0 Å². The van der Waals surface area contributed by atoms with Crippen molar-refractivity contribution in [2.75, 3.05) is 31.5 Å². The van der Waals surface area contributed by atoms with E-state index in [9.17, 15) is 14.9 Å². The molecule has 2 rings (SSSR count). The van der Waals surface area contributed by atoms with Gasteiger partial charge in [0.05, 0.1) is 11.0 Å². The highest BCUT2D eigenvalue weighted by Gasteiger charge is 2.23. The van der Waals surface area contributed by atoms with Crippen molar-refractivity contribution in [1.29, 1.82) is 0 Å². The van der Waals surface area contributed by atoms with Gasteiger partial charge in [-0.15, -0.1) is 0 Å². The first kappa shape index (κ1) is 15.4. The van der Waals surface area contributed by atoms with E-state index in [0.717, 1.165) is 26.2 Å². The second-order valence-electron chi connectivity index (χ2n) is 5.21. The number of nitrogens with one attached hydrogen (secondary N) is 2. The molecule has 1 atom stereocenters. The second kappa shape index (κ2) is 6.64. The lowest BCUT2D eigenvalue weighted by atomic mass is 10.1. The van der Waals surface area contributed by atoms with Gasteiger partial charge >= 0.3 is 0 Å². The van der Waals surface area contributed by atoms with Gasteiger partial charge in [-0.2, -0.15) is 0 Å². The smallest absolute Gasteiger partial charge is 0.272 e. The SMILES string of the molecule is Cc1cc(NC(=O)C(C)N2CCNCC2)ccc1[N+](=O)[O-]. The van der Waals surface area contributed by atoms with E-state index in [4.69, 9.17) is 0 Å². The Bertz CT molecular complexity index is 541. The zero-order valence-electron chi connectivity index (χ0n) is 12.3. The van der Waals surface area contributed by atoms with E-state index in [2.05, 4.69) is 15.5 Å². The molecule has 1 aromatic carbocycles. The van der Waals surface area contributed by atoms with Gasteiger partial charge in [0.25, 0.3) is 5.69 Å². The molecule has 1 amide bonds. The molecule has 0 saturated carbocycles. The molecule has 7 nitrogen and oxygen atoms in total. The van der Waals surface area contributed by atoms with E-state index in [0.29, 0.717) is 11.3 Å². The number of amides is 1. The first-order chi connectivity index (χ1) is 9.99. The average molecular weight is 292 g/mol. The normalized spacial score (nSPS) is 17.2. The van der Waals surface area contributed by atoms with Crippen LogP contribution in [0.4, 0.5) is 11.4 Å². The summed E-state index contributed by atoms with van der Waals surface area (Å²) in [5.41, 5.74) is 1.18. The number of rotatable bonds is 4. The molecule has 1 aliphatic heterocycles.